The molecule has 0 aromatic heterocycles. The summed E-state index contributed by atoms with van der Waals surface area (Å²) in [6.07, 6.45) is 2.86. The summed E-state index contributed by atoms with van der Waals surface area (Å²) in [6, 6.07) is -0.804. The lowest BCUT2D eigenvalue weighted by Gasteiger charge is -2.18. The van der Waals surface area contributed by atoms with Crippen LogP contribution in [0.25, 0.3) is 0 Å². The molecule has 94 valence electrons. The van der Waals surface area contributed by atoms with Gasteiger partial charge in [0.1, 0.15) is 6.04 Å². The van der Waals surface area contributed by atoms with Gasteiger partial charge in [-0.25, -0.2) is 8.42 Å². The molecule has 0 aromatic carbocycles. The number of hydrogen-bond acceptors (Lipinski definition) is 4. The van der Waals surface area contributed by atoms with Gasteiger partial charge >= 0.3 is 5.97 Å². The maximum absolute atomic E-state index is 11.2. The minimum atomic E-state index is -2.94. The van der Waals surface area contributed by atoms with E-state index in [0.717, 1.165) is 12.8 Å². The SMILES string of the molecule is CCCCC(NC1CCS(=O)(=O)C1)C(=O)O. The molecule has 0 radical (unpaired) electrons. The molecule has 5 nitrogen and oxygen atoms in total. The Balaban J connectivity index is 2.46. The van der Waals surface area contributed by atoms with Gasteiger partial charge in [0.2, 0.25) is 0 Å². The summed E-state index contributed by atoms with van der Waals surface area (Å²) < 4.78 is 22.4. The number of carbonyl (C=O) groups is 1. The first-order chi connectivity index (χ1) is 7.44. The van der Waals surface area contributed by atoms with Crippen molar-refractivity contribution in [3.8, 4) is 0 Å². The van der Waals surface area contributed by atoms with Crippen molar-refractivity contribution in [2.24, 2.45) is 0 Å². The van der Waals surface area contributed by atoms with E-state index in [4.69, 9.17) is 5.11 Å². The summed E-state index contributed by atoms with van der Waals surface area (Å²) in [5.41, 5.74) is 0. The van der Waals surface area contributed by atoms with Crippen LogP contribution in [0.1, 0.15) is 32.6 Å². The minimum Gasteiger partial charge on any atom is -0.480 e. The third kappa shape index (κ3) is 4.09. The molecule has 0 saturated carbocycles. The molecule has 0 spiro atoms. The highest BCUT2D eigenvalue weighted by Crippen LogP contribution is 2.13. The molecule has 1 heterocycles. The van der Waals surface area contributed by atoms with Crippen LogP contribution < -0.4 is 5.32 Å². The molecule has 6 heteroatoms. The van der Waals surface area contributed by atoms with Gasteiger partial charge < -0.3 is 10.4 Å². The standard InChI is InChI=1S/C10H19NO4S/c1-2-3-4-9(10(12)13)11-8-5-6-16(14,15)7-8/h8-9,11H,2-7H2,1H3,(H,12,13). The normalized spacial score (nSPS) is 25.4. The first-order valence-electron chi connectivity index (χ1n) is 5.64. The topological polar surface area (TPSA) is 83.5 Å². The van der Waals surface area contributed by atoms with Crippen LogP contribution in [0.5, 0.6) is 0 Å². The van der Waals surface area contributed by atoms with Gasteiger partial charge in [0.05, 0.1) is 11.5 Å². The molecule has 1 fully saturated rings. The van der Waals surface area contributed by atoms with E-state index in [1.807, 2.05) is 6.92 Å². The summed E-state index contributed by atoms with van der Waals surface area (Å²) in [5, 5.41) is 11.9. The fourth-order valence-corrected chi connectivity index (χ4v) is 3.58. The van der Waals surface area contributed by atoms with Gasteiger partial charge in [-0.15, -0.1) is 0 Å². The van der Waals surface area contributed by atoms with Crippen LogP contribution in [0, 0.1) is 0 Å². The zero-order chi connectivity index (χ0) is 12.2. The molecule has 0 amide bonds. The Labute approximate surface area is 96.1 Å². The van der Waals surface area contributed by atoms with E-state index in [1.54, 1.807) is 0 Å². The average molecular weight is 249 g/mol. The van der Waals surface area contributed by atoms with Crippen molar-refractivity contribution in [3.63, 3.8) is 0 Å². The van der Waals surface area contributed by atoms with E-state index in [2.05, 4.69) is 5.32 Å². The molecule has 2 N–H and O–H groups in total. The van der Waals surface area contributed by atoms with Crippen LogP contribution in [0.2, 0.25) is 0 Å². The molecule has 1 rings (SSSR count). The van der Waals surface area contributed by atoms with Gasteiger partial charge in [0, 0.05) is 6.04 Å². The summed E-state index contributed by atoms with van der Waals surface area (Å²) in [5.74, 6) is -0.647. The van der Waals surface area contributed by atoms with Crippen LogP contribution in [0.3, 0.4) is 0 Å². The van der Waals surface area contributed by atoms with Gasteiger partial charge in [-0.2, -0.15) is 0 Å². The molecule has 2 unspecified atom stereocenters. The van der Waals surface area contributed by atoms with Crippen molar-refractivity contribution in [1.82, 2.24) is 5.32 Å². The van der Waals surface area contributed by atoms with Crippen molar-refractivity contribution in [3.05, 3.63) is 0 Å². The van der Waals surface area contributed by atoms with E-state index in [1.165, 1.54) is 0 Å². The Kier molecular flexibility index (Phi) is 4.73. The summed E-state index contributed by atoms with van der Waals surface area (Å²) in [4.78, 5) is 10.9. The monoisotopic (exact) mass is 249 g/mol. The second-order valence-electron chi connectivity index (χ2n) is 4.30. The highest BCUT2D eigenvalue weighted by molar-refractivity contribution is 7.91. The molecule has 0 aliphatic carbocycles. The third-order valence-corrected chi connectivity index (χ3v) is 4.58. The van der Waals surface area contributed by atoms with Gasteiger partial charge in [-0.05, 0) is 12.8 Å². The molecular weight excluding hydrogens is 230 g/mol. The first kappa shape index (κ1) is 13.4. The zero-order valence-corrected chi connectivity index (χ0v) is 10.3. The lowest BCUT2D eigenvalue weighted by Crippen LogP contribution is -2.43. The Morgan fingerprint density at radius 1 is 1.56 bits per heavy atom. The lowest BCUT2D eigenvalue weighted by molar-refractivity contribution is -0.139. The third-order valence-electron chi connectivity index (χ3n) is 2.81. The number of nitrogens with one attached hydrogen (secondary N) is 1. The Bertz CT molecular complexity index is 339. The maximum atomic E-state index is 11.2. The number of carboxylic acid groups (broad SMARTS) is 1. The number of hydrogen-bond donors (Lipinski definition) is 2. The van der Waals surface area contributed by atoms with Crippen LogP contribution in [0.15, 0.2) is 0 Å². The quantitative estimate of drug-likeness (QED) is 0.712. The molecule has 0 aromatic rings. The van der Waals surface area contributed by atoms with Gasteiger partial charge in [-0.3, -0.25) is 4.79 Å². The van der Waals surface area contributed by atoms with Crippen LogP contribution in [0.4, 0.5) is 0 Å². The Hall–Kier alpha value is -0.620. The fraction of sp³-hybridized carbons (Fsp3) is 0.900. The smallest absolute Gasteiger partial charge is 0.320 e. The molecule has 2 atom stereocenters. The first-order valence-corrected chi connectivity index (χ1v) is 7.46. The Morgan fingerprint density at radius 2 is 2.25 bits per heavy atom. The van der Waals surface area contributed by atoms with E-state index in [-0.39, 0.29) is 17.5 Å². The number of unbranched alkanes of at least 4 members (excludes halogenated alkanes) is 1. The largest absolute Gasteiger partial charge is 0.480 e. The predicted octanol–water partition coefficient (Wildman–Crippen LogP) is 0.407. The lowest BCUT2D eigenvalue weighted by atomic mass is 10.1. The molecule has 1 saturated heterocycles. The fourth-order valence-electron chi connectivity index (χ4n) is 1.90. The predicted molar refractivity (Wildman–Crippen MR) is 61.1 cm³/mol. The summed E-state index contributed by atoms with van der Waals surface area (Å²) in [7, 11) is -2.94. The van der Waals surface area contributed by atoms with Crippen LogP contribution >= 0.6 is 0 Å². The van der Waals surface area contributed by atoms with Crippen molar-refractivity contribution < 1.29 is 18.3 Å². The average Bonchev–Trinajstić information content (AvgIpc) is 2.52. The number of aliphatic carboxylic acids is 1. The van der Waals surface area contributed by atoms with Gasteiger partial charge in [0.15, 0.2) is 9.84 Å². The molecule has 0 bridgehead atoms. The second kappa shape index (κ2) is 5.63. The van der Waals surface area contributed by atoms with Crippen molar-refractivity contribution in [2.45, 2.75) is 44.7 Å². The highest BCUT2D eigenvalue weighted by atomic mass is 32.2. The van der Waals surface area contributed by atoms with Crippen molar-refractivity contribution in [2.75, 3.05) is 11.5 Å². The number of rotatable bonds is 6. The molecule has 1 aliphatic heterocycles. The maximum Gasteiger partial charge on any atom is 0.320 e. The van der Waals surface area contributed by atoms with E-state index in [9.17, 15) is 13.2 Å². The molecule has 16 heavy (non-hydrogen) atoms. The van der Waals surface area contributed by atoms with Gasteiger partial charge in [-0.1, -0.05) is 19.8 Å². The summed E-state index contributed by atoms with van der Waals surface area (Å²) >= 11 is 0. The second-order valence-corrected chi connectivity index (χ2v) is 6.53. The molecule has 1 aliphatic rings. The van der Waals surface area contributed by atoms with Crippen molar-refractivity contribution in [1.29, 1.82) is 0 Å². The zero-order valence-electron chi connectivity index (χ0n) is 9.48. The van der Waals surface area contributed by atoms with E-state index >= 15 is 0 Å². The number of carboxylic acids is 1. The summed E-state index contributed by atoms with van der Waals surface area (Å²) in [6.45, 7) is 2.00. The minimum absolute atomic E-state index is 0.0723. The van der Waals surface area contributed by atoms with Crippen LogP contribution in [-0.2, 0) is 14.6 Å². The van der Waals surface area contributed by atoms with Gasteiger partial charge in [0.25, 0.3) is 0 Å². The molecular formula is C10H19NO4S. The van der Waals surface area contributed by atoms with Crippen molar-refractivity contribution >= 4 is 15.8 Å². The van der Waals surface area contributed by atoms with E-state index < -0.39 is 21.8 Å². The Morgan fingerprint density at radius 3 is 2.69 bits per heavy atom. The van der Waals surface area contributed by atoms with E-state index in [0.29, 0.717) is 12.8 Å². The highest BCUT2D eigenvalue weighted by Gasteiger charge is 2.30. The van der Waals surface area contributed by atoms with Crippen LogP contribution in [-0.4, -0.2) is 43.1 Å². The number of sulfone groups is 1.